The van der Waals surface area contributed by atoms with Crippen LogP contribution in [0.5, 0.6) is 5.75 Å². The second-order valence-corrected chi connectivity index (χ2v) is 9.85. The van der Waals surface area contributed by atoms with E-state index >= 15 is 0 Å². The van der Waals surface area contributed by atoms with Crippen molar-refractivity contribution in [2.75, 3.05) is 43.0 Å². The number of carbonyl (C=O) groups is 1. The van der Waals surface area contributed by atoms with Crippen LogP contribution in [0.25, 0.3) is 0 Å². The molecule has 1 N–H and O–H groups in total. The first-order valence-electron chi connectivity index (χ1n) is 11.3. The molecule has 1 heterocycles. The average molecular weight is 491 g/mol. The zero-order chi connectivity index (χ0) is 24.7. The van der Waals surface area contributed by atoms with Gasteiger partial charge < -0.3 is 15.0 Å². The van der Waals surface area contributed by atoms with Gasteiger partial charge in [-0.3, -0.25) is 14.9 Å². The molecule has 0 unspecified atom stereocenters. The molecule has 1 saturated heterocycles. The maximum absolute atomic E-state index is 13.2. The molecule has 0 atom stereocenters. The van der Waals surface area contributed by atoms with Crippen LogP contribution in [-0.4, -0.2) is 56.3 Å². The van der Waals surface area contributed by atoms with Crippen LogP contribution in [0.15, 0.2) is 47.4 Å². The standard InChI is InChI=1S/C23H30N4O6S/c1-3-25(4-2)22-12-11-20(34(31,32)26-13-6-5-7-14-26)16-21(22)24-23(28)17-33-19-10-8-9-18(15-19)27(29)30/h8-12,15-16H,3-7,13-14,17H2,1-2H3,(H,24,28). The number of hydrogen-bond acceptors (Lipinski definition) is 7. The number of benzene rings is 2. The lowest BCUT2D eigenvalue weighted by Crippen LogP contribution is -2.35. The highest BCUT2D eigenvalue weighted by Crippen LogP contribution is 2.31. The third kappa shape index (κ3) is 6.03. The van der Waals surface area contributed by atoms with Gasteiger partial charge in [0, 0.05) is 32.2 Å². The van der Waals surface area contributed by atoms with Gasteiger partial charge in [-0.05, 0) is 51.0 Å². The van der Waals surface area contributed by atoms with Crippen LogP contribution in [0.1, 0.15) is 33.1 Å². The van der Waals surface area contributed by atoms with Crippen molar-refractivity contribution in [3.05, 3.63) is 52.6 Å². The average Bonchev–Trinajstić information content (AvgIpc) is 2.85. The molecule has 11 heteroatoms. The van der Waals surface area contributed by atoms with Gasteiger partial charge in [0.1, 0.15) is 5.75 Å². The minimum atomic E-state index is -3.68. The first-order chi connectivity index (χ1) is 16.3. The van der Waals surface area contributed by atoms with Crippen molar-refractivity contribution < 1.29 is 22.9 Å². The Kier molecular flexibility index (Phi) is 8.46. The van der Waals surface area contributed by atoms with E-state index in [1.165, 1.54) is 34.6 Å². The van der Waals surface area contributed by atoms with Crippen LogP contribution >= 0.6 is 0 Å². The van der Waals surface area contributed by atoms with Crippen molar-refractivity contribution in [2.45, 2.75) is 38.0 Å². The molecule has 0 saturated carbocycles. The molecule has 34 heavy (non-hydrogen) atoms. The summed E-state index contributed by atoms with van der Waals surface area (Å²) in [5.74, 6) is -0.317. The van der Waals surface area contributed by atoms with Gasteiger partial charge in [-0.2, -0.15) is 4.31 Å². The molecular weight excluding hydrogens is 460 g/mol. The van der Waals surface area contributed by atoms with Crippen LogP contribution in [0.2, 0.25) is 0 Å². The van der Waals surface area contributed by atoms with Crippen molar-refractivity contribution >= 4 is 33.0 Å². The Hall–Kier alpha value is -3.18. The van der Waals surface area contributed by atoms with E-state index in [2.05, 4.69) is 5.32 Å². The first kappa shape index (κ1) is 25.4. The predicted molar refractivity (Wildman–Crippen MR) is 130 cm³/mol. The number of non-ortho nitro benzene ring substituents is 1. The fraction of sp³-hybridized carbons (Fsp3) is 0.435. The van der Waals surface area contributed by atoms with Crippen molar-refractivity contribution in [3.8, 4) is 5.75 Å². The summed E-state index contributed by atoms with van der Waals surface area (Å²) in [6.45, 7) is 5.86. The Balaban J connectivity index is 1.82. The van der Waals surface area contributed by atoms with Crippen molar-refractivity contribution in [3.63, 3.8) is 0 Å². The van der Waals surface area contributed by atoms with Gasteiger partial charge in [-0.1, -0.05) is 12.5 Å². The molecule has 1 aliphatic rings. The Bertz CT molecular complexity index is 1130. The van der Waals surface area contributed by atoms with E-state index < -0.39 is 20.9 Å². The zero-order valence-electron chi connectivity index (χ0n) is 19.4. The molecule has 184 valence electrons. The smallest absolute Gasteiger partial charge is 0.273 e. The van der Waals surface area contributed by atoms with Crippen LogP contribution < -0.4 is 15.0 Å². The van der Waals surface area contributed by atoms with E-state index in [0.717, 1.165) is 19.3 Å². The Labute approximate surface area is 199 Å². The Morgan fingerprint density at radius 1 is 1.12 bits per heavy atom. The number of piperidine rings is 1. The molecule has 1 aliphatic heterocycles. The Morgan fingerprint density at radius 3 is 2.47 bits per heavy atom. The molecule has 0 aromatic heterocycles. The number of nitro groups is 1. The second-order valence-electron chi connectivity index (χ2n) is 7.91. The minimum Gasteiger partial charge on any atom is -0.484 e. The maximum atomic E-state index is 13.2. The van der Waals surface area contributed by atoms with Crippen LogP contribution in [0.4, 0.5) is 17.1 Å². The summed E-state index contributed by atoms with van der Waals surface area (Å²) in [5.41, 5.74) is 0.929. The highest BCUT2D eigenvalue weighted by Gasteiger charge is 2.27. The number of amides is 1. The van der Waals surface area contributed by atoms with Gasteiger partial charge in [0.2, 0.25) is 10.0 Å². The van der Waals surface area contributed by atoms with E-state index in [1.54, 1.807) is 12.1 Å². The lowest BCUT2D eigenvalue weighted by molar-refractivity contribution is -0.384. The molecule has 0 radical (unpaired) electrons. The number of hydrogen-bond donors (Lipinski definition) is 1. The molecule has 0 aliphatic carbocycles. The summed E-state index contributed by atoms with van der Waals surface area (Å²) >= 11 is 0. The molecule has 1 fully saturated rings. The fourth-order valence-electron chi connectivity index (χ4n) is 3.89. The second kappa shape index (κ2) is 11.3. The third-order valence-electron chi connectivity index (χ3n) is 5.70. The number of nitrogens with one attached hydrogen (secondary N) is 1. The monoisotopic (exact) mass is 490 g/mol. The summed E-state index contributed by atoms with van der Waals surface area (Å²) in [4.78, 5) is 25.2. The number of nitrogens with zero attached hydrogens (tertiary/aromatic N) is 3. The van der Waals surface area contributed by atoms with E-state index in [1.807, 2.05) is 18.7 Å². The van der Waals surface area contributed by atoms with Gasteiger partial charge in [-0.25, -0.2) is 8.42 Å². The van der Waals surface area contributed by atoms with E-state index in [-0.39, 0.29) is 22.9 Å². The molecule has 0 spiro atoms. The molecule has 2 aromatic carbocycles. The number of sulfonamides is 1. The summed E-state index contributed by atoms with van der Waals surface area (Å²) < 4.78 is 33.2. The molecule has 2 aromatic rings. The summed E-state index contributed by atoms with van der Waals surface area (Å²) in [6, 6.07) is 10.3. The van der Waals surface area contributed by atoms with Crippen LogP contribution in [-0.2, 0) is 14.8 Å². The van der Waals surface area contributed by atoms with E-state index in [9.17, 15) is 23.3 Å². The summed E-state index contributed by atoms with van der Waals surface area (Å²) in [7, 11) is -3.68. The third-order valence-corrected chi connectivity index (χ3v) is 7.59. The van der Waals surface area contributed by atoms with Gasteiger partial charge in [0.25, 0.3) is 11.6 Å². The molecule has 1 amide bonds. The molecule has 0 bridgehead atoms. The highest BCUT2D eigenvalue weighted by molar-refractivity contribution is 7.89. The van der Waals surface area contributed by atoms with Gasteiger partial charge in [0.05, 0.1) is 27.3 Å². The Morgan fingerprint density at radius 2 is 1.82 bits per heavy atom. The highest BCUT2D eigenvalue weighted by atomic mass is 32.2. The molecule has 3 rings (SSSR count). The summed E-state index contributed by atoms with van der Waals surface area (Å²) in [6.07, 6.45) is 2.67. The summed E-state index contributed by atoms with van der Waals surface area (Å²) in [5, 5.41) is 13.7. The van der Waals surface area contributed by atoms with Crippen LogP contribution in [0.3, 0.4) is 0 Å². The van der Waals surface area contributed by atoms with Gasteiger partial charge in [0.15, 0.2) is 6.61 Å². The normalized spacial score (nSPS) is 14.4. The quantitative estimate of drug-likeness (QED) is 0.398. The zero-order valence-corrected chi connectivity index (χ0v) is 20.2. The van der Waals surface area contributed by atoms with Crippen molar-refractivity contribution in [2.24, 2.45) is 0 Å². The number of ether oxygens (including phenoxy) is 1. The van der Waals surface area contributed by atoms with Crippen molar-refractivity contribution in [1.29, 1.82) is 0 Å². The lowest BCUT2D eigenvalue weighted by atomic mass is 10.2. The van der Waals surface area contributed by atoms with Crippen LogP contribution in [0, 0.1) is 10.1 Å². The lowest BCUT2D eigenvalue weighted by Gasteiger charge is -2.28. The minimum absolute atomic E-state index is 0.125. The first-order valence-corrected chi connectivity index (χ1v) is 12.8. The fourth-order valence-corrected chi connectivity index (χ4v) is 5.44. The number of carbonyl (C=O) groups excluding carboxylic acids is 1. The number of rotatable bonds is 10. The van der Waals surface area contributed by atoms with E-state index in [4.69, 9.17) is 4.74 Å². The number of anilines is 2. The largest absolute Gasteiger partial charge is 0.484 e. The molecular formula is C23H30N4O6S. The predicted octanol–water partition coefficient (Wildman–Crippen LogP) is 3.63. The number of nitro benzene ring substituents is 1. The van der Waals surface area contributed by atoms with Crippen molar-refractivity contribution in [1.82, 2.24) is 4.31 Å². The topological polar surface area (TPSA) is 122 Å². The maximum Gasteiger partial charge on any atom is 0.273 e. The van der Waals surface area contributed by atoms with Gasteiger partial charge in [-0.15, -0.1) is 0 Å². The SMILES string of the molecule is CCN(CC)c1ccc(S(=O)(=O)N2CCCCC2)cc1NC(=O)COc1cccc([N+](=O)[O-])c1. The van der Waals surface area contributed by atoms with E-state index in [0.29, 0.717) is 37.6 Å². The molecule has 10 nitrogen and oxygen atoms in total. The van der Waals surface area contributed by atoms with Gasteiger partial charge >= 0.3 is 0 Å².